The molecule has 7 nitrogen and oxygen atoms in total. The Morgan fingerprint density at radius 3 is 3.00 bits per heavy atom. The molecule has 96 valence electrons. The average molecular weight is 274 g/mol. The largest absolute Gasteiger partial charge is 0.347 e. The second-order valence-corrected chi connectivity index (χ2v) is 4.83. The Morgan fingerprint density at radius 1 is 1.37 bits per heavy atom. The van der Waals surface area contributed by atoms with Gasteiger partial charge in [-0.1, -0.05) is 4.49 Å². The van der Waals surface area contributed by atoms with Gasteiger partial charge in [0.15, 0.2) is 0 Å². The molecule has 0 aliphatic carbocycles. The molecule has 1 aromatic carbocycles. The molecule has 0 spiro atoms. The topological polar surface area (TPSA) is 96.5 Å². The molecule has 8 heteroatoms. The standard InChI is InChI=1S/C11H10N6OS/c1-6-10(19-17-13-6)5-12-11(18)7-2-3-8-9(4-7)15-16-14-8/h2-4H,5H2,1H3,(H,12,18)(H,14,15,16). The van der Waals surface area contributed by atoms with E-state index >= 15 is 0 Å². The van der Waals surface area contributed by atoms with Crippen LogP contribution in [0.3, 0.4) is 0 Å². The predicted octanol–water partition coefficient (Wildman–Crippen LogP) is 1.05. The van der Waals surface area contributed by atoms with Crippen LogP contribution in [-0.4, -0.2) is 30.9 Å². The van der Waals surface area contributed by atoms with Gasteiger partial charge in [-0.2, -0.15) is 15.4 Å². The van der Waals surface area contributed by atoms with E-state index < -0.39 is 0 Å². The maximum Gasteiger partial charge on any atom is 0.251 e. The molecular formula is C11H10N6OS. The molecule has 2 aromatic heterocycles. The first kappa shape index (κ1) is 11.7. The molecule has 0 atom stereocenters. The van der Waals surface area contributed by atoms with Crippen molar-refractivity contribution in [2.45, 2.75) is 13.5 Å². The fourth-order valence-corrected chi connectivity index (χ4v) is 2.23. The second-order valence-electron chi connectivity index (χ2n) is 3.99. The number of hydrogen-bond acceptors (Lipinski definition) is 6. The lowest BCUT2D eigenvalue weighted by atomic mass is 10.2. The first-order valence-electron chi connectivity index (χ1n) is 5.60. The van der Waals surface area contributed by atoms with E-state index in [2.05, 4.69) is 30.3 Å². The van der Waals surface area contributed by atoms with Crippen LogP contribution in [0.1, 0.15) is 20.9 Å². The van der Waals surface area contributed by atoms with Crippen molar-refractivity contribution in [2.75, 3.05) is 0 Å². The van der Waals surface area contributed by atoms with E-state index in [0.717, 1.165) is 16.1 Å². The number of carbonyl (C=O) groups is 1. The van der Waals surface area contributed by atoms with Gasteiger partial charge in [-0.25, -0.2) is 0 Å². The first-order chi connectivity index (χ1) is 9.24. The van der Waals surface area contributed by atoms with Crippen LogP contribution in [0.2, 0.25) is 0 Å². The van der Waals surface area contributed by atoms with Gasteiger partial charge in [-0.3, -0.25) is 4.79 Å². The highest BCUT2D eigenvalue weighted by atomic mass is 32.1. The van der Waals surface area contributed by atoms with E-state index in [1.54, 1.807) is 18.2 Å². The minimum Gasteiger partial charge on any atom is -0.347 e. The van der Waals surface area contributed by atoms with Gasteiger partial charge in [0.05, 0.1) is 17.1 Å². The van der Waals surface area contributed by atoms with Crippen molar-refractivity contribution in [3.05, 3.63) is 34.3 Å². The maximum atomic E-state index is 12.0. The summed E-state index contributed by atoms with van der Waals surface area (Å²) in [5, 5.41) is 17.1. The van der Waals surface area contributed by atoms with Crippen molar-refractivity contribution in [3.63, 3.8) is 0 Å². The van der Waals surface area contributed by atoms with E-state index in [1.165, 1.54) is 11.5 Å². The minimum atomic E-state index is -0.155. The summed E-state index contributed by atoms with van der Waals surface area (Å²) in [6.45, 7) is 2.30. The summed E-state index contributed by atoms with van der Waals surface area (Å²) in [5.41, 5.74) is 2.80. The third-order valence-corrected chi connectivity index (χ3v) is 3.56. The highest BCUT2D eigenvalue weighted by Gasteiger charge is 2.09. The van der Waals surface area contributed by atoms with Gasteiger partial charge >= 0.3 is 0 Å². The Labute approximate surface area is 112 Å². The van der Waals surface area contributed by atoms with Crippen molar-refractivity contribution in [2.24, 2.45) is 0 Å². The maximum absolute atomic E-state index is 12.0. The number of rotatable bonds is 3. The number of nitrogens with zero attached hydrogens (tertiary/aromatic N) is 4. The lowest BCUT2D eigenvalue weighted by Gasteiger charge is -2.03. The van der Waals surface area contributed by atoms with Crippen molar-refractivity contribution in [1.29, 1.82) is 0 Å². The number of fused-ring (bicyclic) bond motifs is 1. The molecule has 2 heterocycles. The number of amides is 1. The summed E-state index contributed by atoms with van der Waals surface area (Å²) in [7, 11) is 0. The zero-order valence-electron chi connectivity index (χ0n) is 10.0. The fraction of sp³-hybridized carbons (Fsp3) is 0.182. The van der Waals surface area contributed by atoms with Gasteiger partial charge in [-0.05, 0) is 36.7 Å². The molecule has 3 rings (SSSR count). The fourth-order valence-electron chi connectivity index (χ4n) is 1.66. The predicted molar refractivity (Wildman–Crippen MR) is 69.7 cm³/mol. The Balaban J connectivity index is 1.74. The van der Waals surface area contributed by atoms with Crippen molar-refractivity contribution < 1.29 is 4.79 Å². The molecule has 3 aromatic rings. The highest BCUT2D eigenvalue weighted by Crippen LogP contribution is 2.12. The van der Waals surface area contributed by atoms with Gasteiger partial charge in [0.2, 0.25) is 0 Å². The number of aromatic nitrogens is 5. The second kappa shape index (κ2) is 4.73. The molecule has 0 fully saturated rings. The summed E-state index contributed by atoms with van der Waals surface area (Å²) < 4.78 is 3.82. The van der Waals surface area contributed by atoms with Gasteiger partial charge in [0.1, 0.15) is 11.0 Å². The minimum absolute atomic E-state index is 0.155. The van der Waals surface area contributed by atoms with Crippen LogP contribution in [-0.2, 0) is 6.54 Å². The summed E-state index contributed by atoms with van der Waals surface area (Å²) in [6, 6.07) is 5.18. The molecule has 19 heavy (non-hydrogen) atoms. The van der Waals surface area contributed by atoms with Crippen LogP contribution < -0.4 is 5.32 Å². The van der Waals surface area contributed by atoms with Crippen LogP contribution in [0.5, 0.6) is 0 Å². The zero-order chi connectivity index (χ0) is 13.2. The molecule has 0 aliphatic rings. The van der Waals surface area contributed by atoms with Crippen LogP contribution in [0.4, 0.5) is 0 Å². The molecule has 0 saturated carbocycles. The van der Waals surface area contributed by atoms with E-state index in [1.807, 2.05) is 6.92 Å². The molecular weight excluding hydrogens is 264 g/mol. The summed E-state index contributed by atoms with van der Waals surface area (Å²) in [6.07, 6.45) is 0. The molecule has 1 amide bonds. The summed E-state index contributed by atoms with van der Waals surface area (Å²) >= 11 is 1.29. The van der Waals surface area contributed by atoms with Crippen LogP contribution >= 0.6 is 11.5 Å². The average Bonchev–Trinajstić information content (AvgIpc) is 3.03. The number of H-pyrrole nitrogens is 1. The lowest BCUT2D eigenvalue weighted by Crippen LogP contribution is -2.22. The summed E-state index contributed by atoms with van der Waals surface area (Å²) in [5.74, 6) is -0.155. The van der Waals surface area contributed by atoms with Crippen molar-refractivity contribution in [1.82, 2.24) is 30.3 Å². The summed E-state index contributed by atoms with van der Waals surface area (Å²) in [4.78, 5) is 13.0. The molecule has 0 saturated heterocycles. The van der Waals surface area contributed by atoms with Gasteiger partial charge in [0, 0.05) is 5.56 Å². The van der Waals surface area contributed by atoms with Crippen LogP contribution in [0.25, 0.3) is 11.0 Å². The van der Waals surface area contributed by atoms with Gasteiger partial charge < -0.3 is 5.32 Å². The number of hydrogen-bond donors (Lipinski definition) is 2. The quantitative estimate of drug-likeness (QED) is 0.744. The van der Waals surface area contributed by atoms with Crippen LogP contribution in [0.15, 0.2) is 18.2 Å². The van der Waals surface area contributed by atoms with Crippen molar-refractivity contribution in [3.8, 4) is 0 Å². The Morgan fingerprint density at radius 2 is 2.21 bits per heavy atom. The molecule has 2 N–H and O–H groups in total. The smallest absolute Gasteiger partial charge is 0.251 e. The highest BCUT2D eigenvalue weighted by molar-refractivity contribution is 7.05. The number of carbonyl (C=O) groups excluding carboxylic acids is 1. The van der Waals surface area contributed by atoms with Gasteiger partial charge in [0.25, 0.3) is 5.91 Å². The Kier molecular flexibility index (Phi) is 2.92. The third-order valence-electron chi connectivity index (χ3n) is 2.73. The third kappa shape index (κ3) is 2.29. The SMILES string of the molecule is Cc1nnsc1CNC(=O)c1ccc2n[nH]nc2c1. The number of benzene rings is 1. The van der Waals surface area contributed by atoms with E-state index in [9.17, 15) is 4.79 Å². The number of aromatic amines is 1. The first-order valence-corrected chi connectivity index (χ1v) is 6.38. The van der Waals surface area contributed by atoms with Crippen molar-refractivity contribution >= 4 is 28.5 Å². The van der Waals surface area contributed by atoms with E-state index in [0.29, 0.717) is 17.6 Å². The number of aryl methyl sites for hydroxylation is 1. The van der Waals surface area contributed by atoms with E-state index in [-0.39, 0.29) is 5.91 Å². The van der Waals surface area contributed by atoms with Gasteiger partial charge in [-0.15, -0.1) is 5.10 Å². The Bertz CT molecular complexity index is 733. The van der Waals surface area contributed by atoms with Crippen LogP contribution in [0, 0.1) is 6.92 Å². The molecule has 0 radical (unpaired) electrons. The molecule has 0 unspecified atom stereocenters. The lowest BCUT2D eigenvalue weighted by molar-refractivity contribution is 0.0951. The molecule has 0 aliphatic heterocycles. The zero-order valence-corrected chi connectivity index (χ0v) is 10.9. The van der Waals surface area contributed by atoms with E-state index in [4.69, 9.17) is 0 Å². The Hall–Kier alpha value is -2.35. The number of nitrogens with one attached hydrogen (secondary N) is 2. The monoisotopic (exact) mass is 274 g/mol. The molecule has 0 bridgehead atoms. The normalized spacial score (nSPS) is 10.8.